The Morgan fingerprint density at radius 1 is 1.48 bits per heavy atom. The lowest BCUT2D eigenvalue weighted by Gasteiger charge is -2.29. The monoisotopic (exact) mass is 314 g/mol. The average molecular weight is 314 g/mol. The smallest absolute Gasteiger partial charge is 0.323 e. The molecule has 1 unspecified atom stereocenters. The molecule has 1 aliphatic rings. The number of nitrogens with one attached hydrogen (secondary N) is 1. The van der Waals surface area contributed by atoms with Crippen molar-refractivity contribution in [3.63, 3.8) is 0 Å². The van der Waals surface area contributed by atoms with E-state index in [1.54, 1.807) is 9.58 Å². The lowest BCUT2D eigenvalue weighted by molar-refractivity contribution is 0.162. The van der Waals surface area contributed by atoms with Crippen molar-refractivity contribution in [3.8, 4) is 0 Å². The van der Waals surface area contributed by atoms with Gasteiger partial charge in [0.2, 0.25) is 0 Å². The van der Waals surface area contributed by atoms with Crippen LogP contribution in [0.1, 0.15) is 29.3 Å². The predicted octanol–water partition coefficient (Wildman–Crippen LogP) is 2.24. The zero-order valence-electron chi connectivity index (χ0n) is 13.5. The number of hydrogen-bond acceptors (Lipinski definition) is 3. The van der Waals surface area contributed by atoms with Gasteiger partial charge in [-0.3, -0.25) is 10.00 Å². The summed E-state index contributed by atoms with van der Waals surface area (Å²) in [6, 6.07) is 9.80. The van der Waals surface area contributed by atoms with Gasteiger partial charge in [0, 0.05) is 25.4 Å². The van der Waals surface area contributed by atoms with Crippen LogP contribution in [0.25, 0.3) is 0 Å². The molecule has 1 aliphatic carbocycles. The molecule has 0 radical (unpaired) electrons. The van der Waals surface area contributed by atoms with Gasteiger partial charge in [-0.2, -0.15) is 5.10 Å². The van der Waals surface area contributed by atoms with E-state index < -0.39 is 0 Å². The largest absolute Gasteiger partial charge is 0.395 e. The van der Waals surface area contributed by atoms with Gasteiger partial charge in [0.1, 0.15) is 0 Å². The highest BCUT2D eigenvalue weighted by Gasteiger charge is 2.30. The minimum atomic E-state index is -0.223. The Labute approximate surface area is 135 Å². The van der Waals surface area contributed by atoms with E-state index in [4.69, 9.17) is 0 Å². The molecule has 0 saturated heterocycles. The third-order valence-corrected chi connectivity index (χ3v) is 4.43. The van der Waals surface area contributed by atoms with Gasteiger partial charge in [0.25, 0.3) is 0 Å². The molecule has 0 bridgehead atoms. The maximum absolute atomic E-state index is 12.7. The molecule has 2 N–H and O–H groups in total. The van der Waals surface area contributed by atoms with Crippen LogP contribution in [-0.4, -0.2) is 39.0 Å². The number of amides is 2. The van der Waals surface area contributed by atoms with E-state index in [0.717, 1.165) is 18.5 Å². The number of aliphatic hydroxyl groups is 1. The summed E-state index contributed by atoms with van der Waals surface area (Å²) in [5, 5.41) is 16.5. The fraction of sp³-hybridized carbons (Fsp3) is 0.412. The summed E-state index contributed by atoms with van der Waals surface area (Å²) in [7, 11) is 1.84. The van der Waals surface area contributed by atoms with Crippen LogP contribution in [0.3, 0.4) is 0 Å². The van der Waals surface area contributed by atoms with Crippen LogP contribution in [-0.2, 0) is 13.5 Å². The summed E-state index contributed by atoms with van der Waals surface area (Å²) >= 11 is 0. The number of anilines is 1. The summed E-state index contributed by atoms with van der Waals surface area (Å²) in [5.41, 5.74) is 3.43. The zero-order chi connectivity index (χ0) is 16.4. The Hall–Kier alpha value is -2.34. The second-order valence-electron chi connectivity index (χ2n) is 5.90. The minimum absolute atomic E-state index is 0.00293. The highest BCUT2D eigenvalue weighted by Crippen LogP contribution is 2.35. The van der Waals surface area contributed by atoms with E-state index in [-0.39, 0.29) is 18.7 Å². The van der Waals surface area contributed by atoms with Crippen LogP contribution in [0.5, 0.6) is 0 Å². The molecule has 23 heavy (non-hydrogen) atoms. The first kappa shape index (κ1) is 15.6. The van der Waals surface area contributed by atoms with Gasteiger partial charge < -0.3 is 10.0 Å². The molecule has 122 valence electrons. The molecule has 1 atom stereocenters. The number of aryl methyl sites for hydroxylation is 3. The standard InChI is InChI=1S/C17H22N4O2/c1-12-11-16(19-20(12)2)18-17(23)21(9-10-22)15-8-7-13-5-3-4-6-14(13)15/h3-6,11,15,22H,7-10H2,1-2H3,(H,18,19,23). The molecule has 2 amide bonds. The van der Waals surface area contributed by atoms with Gasteiger partial charge in [-0.1, -0.05) is 24.3 Å². The quantitative estimate of drug-likeness (QED) is 0.909. The number of aliphatic hydroxyl groups excluding tert-OH is 1. The SMILES string of the molecule is Cc1cc(NC(=O)N(CCO)C2CCc3ccccc32)nn1C. The molecule has 6 nitrogen and oxygen atoms in total. The molecular formula is C17H22N4O2. The number of carbonyl (C=O) groups is 1. The number of nitrogens with zero attached hydrogens (tertiary/aromatic N) is 3. The van der Waals surface area contributed by atoms with Gasteiger partial charge in [-0.25, -0.2) is 4.79 Å². The zero-order valence-corrected chi connectivity index (χ0v) is 13.5. The number of fused-ring (bicyclic) bond motifs is 1. The van der Waals surface area contributed by atoms with Crippen molar-refractivity contribution in [2.24, 2.45) is 7.05 Å². The van der Waals surface area contributed by atoms with Crippen molar-refractivity contribution in [2.75, 3.05) is 18.5 Å². The van der Waals surface area contributed by atoms with E-state index >= 15 is 0 Å². The average Bonchev–Trinajstić information content (AvgIpc) is 3.08. The Kier molecular flexibility index (Phi) is 4.34. The lowest BCUT2D eigenvalue weighted by Crippen LogP contribution is -2.39. The predicted molar refractivity (Wildman–Crippen MR) is 88.3 cm³/mol. The Balaban J connectivity index is 1.80. The van der Waals surface area contributed by atoms with E-state index in [1.165, 1.54) is 11.1 Å². The van der Waals surface area contributed by atoms with Crippen LogP contribution in [0.15, 0.2) is 30.3 Å². The van der Waals surface area contributed by atoms with Crippen molar-refractivity contribution in [1.82, 2.24) is 14.7 Å². The van der Waals surface area contributed by atoms with E-state index in [1.807, 2.05) is 32.2 Å². The van der Waals surface area contributed by atoms with E-state index in [2.05, 4.69) is 22.5 Å². The number of rotatable bonds is 4. The molecule has 1 aromatic carbocycles. The Bertz CT molecular complexity index is 691. The molecule has 0 fully saturated rings. The number of urea groups is 1. The van der Waals surface area contributed by atoms with Gasteiger partial charge >= 0.3 is 6.03 Å². The molecule has 3 rings (SSSR count). The number of aromatic nitrogens is 2. The maximum Gasteiger partial charge on any atom is 0.323 e. The summed E-state index contributed by atoms with van der Waals surface area (Å²) < 4.78 is 1.72. The topological polar surface area (TPSA) is 70.4 Å². The summed E-state index contributed by atoms with van der Waals surface area (Å²) in [6.07, 6.45) is 1.84. The third kappa shape index (κ3) is 3.07. The second-order valence-corrected chi connectivity index (χ2v) is 5.90. The molecule has 1 aromatic heterocycles. The second kappa shape index (κ2) is 6.42. The first-order chi connectivity index (χ1) is 11.1. The van der Waals surface area contributed by atoms with Crippen LogP contribution in [0.2, 0.25) is 0 Å². The lowest BCUT2D eigenvalue weighted by atomic mass is 10.1. The Morgan fingerprint density at radius 2 is 2.26 bits per heavy atom. The first-order valence-corrected chi connectivity index (χ1v) is 7.87. The summed E-state index contributed by atoms with van der Waals surface area (Å²) in [4.78, 5) is 14.4. The molecular weight excluding hydrogens is 292 g/mol. The molecule has 0 spiro atoms. The van der Waals surface area contributed by atoms with Gasteiger partial charge in [-0.05, 0) is 30.9 Å². The van der Waals surface area contributed by atoms with Gasteiger partial charge in [0.15, 0.2) is 5.82 Å². The van der Waals surface area contributed by atoms with Crippen molar-refractivity contribution >= 4 is 11.8 Å². The first-order valence-electron chi connectivity index (χ1n) is 7.87. The van der Waals surface area contributed by atoms with Crippen LogP contribution in [0, 0.1) is 6.92 Å². The van der Waals surface area contributed by atoms with E-state index in [9.17, 15) is 9.90 Å². The van der Waals surface area contributed by atoms with Crippen molar-refractivity contribution in [1.29, 1.82) is 0 Å². The molecule has 1 heterocycles. The fourth-order valence-electron chi connectivity index (χ4n) is 3.17. The third-order valence-electron chi connectivity index (χ3n) is 4.43. The molecule has 2 aromatic rings. The van der Waals surface area contributed by atoms with Crippen LogP contribution >= 0.6 is 0 Å². The highest BCUT2D eigenvalue weighted by molar-refractivity contribution is 5.88. The fourth-order valence-corrected chi connectivity index (χ4v) is 3.17. The summed E-state index contributed by atoms with van der Waals surface area (Å²) in [6.45, 7) is 2.17. The normalized spacial score (nSPS) is 16.2. The number of hydrogen-bond donors (Lipinski definition) is 2. The highest BCUT2D eigenvalue weighted by atomic mass is 16.3. The van der Waals surface area contributed by atoms with Crippen molar-refractivity contribution < 1.29 is 9.90 Å². The molecule has 6 heteroatoms. The number of benzene rings is 1. The minimum Gasteiger partial charge on any atom is -0.395 e. The maximum atomic E-state index is 12.7. The number of carbonyl (C=O) groups excluding carboxylic acids is 1. The van der Waals surface area contributed by atoms with Crippen LogP contribution < -0.4 is 5.32 Å². The molecule has 0 aliphatic heterocycles. The van der Waals surface area contributed by atoms with Crippen molar-refractivity contribution in [2.45, 2.75) is 25.8 Å². The molecule has 0 saturated carbocycles. The summed E-state index contributed by atoms with van der Waals surface area (Å²) in [5.74, 6) is 0.532. The van der Waals surface area contributed by atoms with Crippen molar-refractivity contribution in [3.05, 3.63) is 47.2 Å². The Morgan fingerprint density at radius 3 is 2.96 bits per heavy atom. The van der Waals surface area contributed by atoms with E-state index in [0.29, 0.717) is 12.4 Å². The van der Waals surface area contributed by atoms with Gasteiger partial charge in [0.05, 0.1) is 12.6 Å². The van der Waals surface area contributed by atoms with Gasteiger partial charge in [-0.15, -0.1) is 0 Å². The van der Waals surface area contributed by atoms with Crippen LogP contribution in [0.4, 0.5) is 10.6 Å².